The normalized spacial score (nSPS) is 17.4. The van der Waals surface area contributed by atoms with E-state index in [0.29, 0.717) is 13.1 Å². The molecule has 0 radical (unpaired) electrons. The third-order valence-corrected chi connectivity index (χ3v) is 6.08. The minimum absolute atomic E-state index is 0.131. The van der Waals surface area contributed by atoms with Crippen molar-refractivity contribution in [1.82, 2.24) is 8.61 Å². The van der Waals surface area contributed by atoms with Crippen molar-refractivity contribution in [2.24, 2.45) is 5.92 Å². The van der Waals surface area contributed by atoms with E-state index in [1.807, 2.05) is 37.3 Å². The van der Waals surface area contributed by atoms with Gasteiger partial charge in [-0.1, -0.05) is 37.3 Å². The van der Waals surface area contributed by atoms with Crippen molar-refractivity contribution < 1.29 is 13.5 Å². The second-order valence-electron chi connectivity index (χ2n) is 5.54. The van der Waals surface area contributed by atoms with Crippen LogP contribution in [-0.4, -0.2) is 48.4 Å². The first kappa shape index (κ1) is 16.4. The molecule has 1 aromatic rings. The van der Waals surface area contributed by atoms with Gasteiger partial charge in [0.05, 0.1) is 12.6 Å². The Kier molecular flexibility index (Phi) is 5.37. The van der Waals surface area contributed by atoms with Crippen LogP contribution in [0.4, 0.5) is 0 Å². The van der Waals surface area contributed by atoms with Crippen LogP contribution in [0, 0.1) is 5.92 Å². The molecule has 2 rings (SSSR count). The molecule has 1 aromatic carbocycles. The van der Waals surface area contributed by atoms with E-state index in [2.05, 4.69) is 0 Å². The van der Waals surface area contributed by atoms with Gasteiger partial charge in [-0.15, -0.1) is 0 Å². The number of nitrogens with zero attached hydrogens (tertiary/aromatic N) is 2. The van der Waals surface area contributed by atoms with Crippen molar-refractivity contribution in [3.8, 4) is 0 Å². The molecule has 0 aliphatic heterocycles. The summed E-state index contributed by atoms with van der Waals surface area (Å²) >= 11 is 0. The van der Waals surface area contributed by atoms with Gasteiger partial charge >= 0.3 is 0 Å². The Morgan fingerprint density at radius 3 is 2.38 bits per heavy atom. The Hall–Kier alpha value is -0.950. The first-order chi connectivity index (χ1) is 10.0. The summed E-state index contributed by atoms with van der Waals surface area (Å²) in [6.07, 6.45) is 1.98. The van der Waals surface area contributed by atoms with E-state index in [1.54, 1.807) is 7.05 Å². The molecule has 6 heteroatoms. The van der Waals surface area contributed by atoms with Gasteiger partial charge < -0.3 is 5.11 Å². The standard InChI is InChI=1S/C15H24N2O3S/c1-3-16(2)21(19,20)17(15(12-18)14-9-10-14)11-13-7-5-4-6-8-13/h4-8,14-15,18H,3,9-12H2,1-2H3. The van der Waals surface area contributed by atoms with Crippen molar-refractivity contribution in [3.63, 3.8) is 0 Å². The lowest BCUT2D eigenvalue weighted by atomic mass is 10.1. The quantitative estimate of drug-likeness (QED) is 0.790. The second kappa shape index (κ2) is 6.87. The largest absolute Gasteiger partial charge is 0.395 e. The zero-order valence-corrected chi connectivity index (χ0v) is 13.5. The average molecular weight is 312 g/mol. The maximum atomic E-state index is 12.7. The summed E-state index contributed by atoms with van der Waals surface area (Å²) in [6.45, 7) is 2.39. The van der Waals surface area contributed by atoms with E-state index in [4.69, 9.17) is 0 Å². The minimum Gasteiger partial charge on any atom is -0.395 e. The summed E-state index contributed by atoms with van der Waals surface area (Å²) in [4.78, 5) is 0. The number of hydrogen-bond donors (Lipinski definition) is 1. The molecule has 0 spiro atoms. The maximum absolute atomic E-state index is 12.7. The monoisotopic (exact) mass is 312 g/mol. The Balaban J connectivity index is 2.29. The molecule has 0 heterocycles. The van der Waals surface area contributed by atoms with E-state index in [9.17, 15) is 13.5 Å². The topological polar surface area (TPSA) is 60.9 Å². The Bertz CT molecular complexity index is 543. The van der Waals surface area contributed by atoms with Crippen LogP contribution in [0.15, 0.2) is 30.3 Å². The molecule has 1 aliphatic carbocycles. The lowest BCUT2D eigenvalue weighted by Crippen LogP contribution is -2.49. The molecule has 0 amide bonds. The fraction of sp³-hybridized carbons (Fsp3) is 0.600. The van der Waals surface area contributed by atoms with E-state index >= 15 is 0 Å². The summed E-state index contributed by atoms with van der Waals surface area (Å²) in [6, 6.07) is 9.20. The molecule has 0 aromatic heterocycles. The molecule has 0 bridgehead atoms. The highest BCUT2D eigenvalue weighted by Crippen LogP contribution is 2.37. The van der Waals surface area contributed by atoms with Crippen molar-refractivity contribution >= 4 is 10.2 Å². The fourth-order valence-corrected chi connectivity index (χ4v) is 4.01. The average Bonchev–Trinajstić information content (AvgIpc) is 3.32. The van der Waals surface area contributed by atoms with E-state index < -0.39 is 10.2 Å². The molecule has 0 saturated heterocycles. The van der Waals surface area contributed by atoms with Crippen LogP contribution in [0.2, 0.25) is 0 Å². The lowest BCUT2D eigenvalue weighted by molar-refractivity contribution is 0.160. The van der Waals surface area contributed by atoms with Gasteiger partial charge in [-0.2, -0.15) is 17.0 Å². The van der Waals surface area contributed by atoms with Gasteiger partial charge in [0.15, 0.2) is 0 Å². The predicted octanol–water partition coefficient (Wildman–Crippen LogP) is 1.46. The van der Waals surface area contributed by atoms with Gasteiger partial charge in [-0.25, -0.2) is 0 Å². The van der Waals surface area contributed by atoms with Crippen LogP contribution >= 0.6 is 0 Å². The highest BCUT2D eigenvalue weighted by molar-refractivity contribution is 7.86. The number of hydrogen-bond acceptors (Lipinski definition) is 3. The first-order valence-corrected chi connectivity index (χ1v) is 8.78. The fourth-order valence-electron chi connectivity index (χ4n) is 2.43. The van der Waals surface area contributed by atoms with Gasteiger partial charge in [0, 0.05) is 20.1 Å². The zero-order chi connectivity index (χ0) is 15.5. The lowest BCUT2D eigenvalue weighted by Gasteiger charge is -2.33. The van der Waals surface area contributed by atoms with Gasteiger partial charge in [-0.3, -0.25) is 0 Å². The highest BCUT2D eigenvalue weighted by atomic mass is 32.2. The van der Waals surface area contributed by atoms with Gasteiger partial charge in [0.2, 0.25) is 0 Å². The van der Waals surface area contributed by atoms with Crippen molar-refractivity contribution in [2.45, 2.75) is 32.4 Å². The number of benzene rings is 1. The number of rotatable bonds is 8. The van der Waals surface area contributed by atoms with Crippen molar-refractivity contribution in [2.75, 3.05) is 20.2 Å². The summed E-state index contributed by atoms with van der Waals surface area (Å²) < 4.78 is 28.3. The van der Waals surface area contributed by atoms with Gasteiger partial charge in [0.1, 0.15) is 0 Å². The third kappa shape index (κ3) is 3.83. The smallest absolute Gasteiger partial charge is 0.282 e. The summed E-state index contributed by atoms with van der Waals surface area (Å²) in [7, 11) is -1.98. The molecule has 118 valence electrons. The molecule has 1 atom stereocenters. The number of aliphatic hydroxyl groups excluding tert-OH is 1. The Morgan fingerprint density at radius 2 is 1.90 bits per heavy atom. The molecule has 1 unspecified atom stereocenters. The first-order valence-electron chi connectivity index (χ1n) is 7.38. The molecule has 1 fully saturated rings. The Labute approximate surface area is 127 Å². The molecule has 21 heavy (non-hydrogen) atoms. The van der Waals surface area contributed by atoms with Crippen LogP contribution < -0.4 is 0 Å². The SMILES string of the molecule is CCN(C)S(=O)(=O)N(Cc1ccccc1)C(CO)C1CC1. The van der Waals surface area contributed by atoms with E-state index in [0.717, 1.165) is 18.4 Å². The van der Waals surface area contributed by atoms with Crippen LogP contribution in [0.3, 0.4) is 0 Å². The van der Waals surface area contributed by atoms with Crippen molar-refractivity contribution in [1.29, 1.82) is 0 Å². The summed E-state index contributed by atoms with van der Waals surface area (Å²) in [5.74, 6) is 0.277. The minimum atomic E-state index is -3.56. The van der Waals surface area contributed by atoms with Crippen molar-refractivity contribution in [3.05, 3.63) is 35.9 Å². The van der Waals surface area contributed by atoms with Crippen LogP contribution in [0.5, 0.6) is 0 Å². The predicted molar refractivity (Wildman–Crippen MR) is 82.8 cm³/mol. The maximum Gasteiger partial charge on any atom is 0.282 e. The molecule has 1 aliphatic rings. The van der Waals surface area contributed by atoms with E-state index in [-0.39, 0.29) is 18.6 Å². The highest BCUT2D eigenvalue weighted by Gasteiger charge is 2.41. The van der Waals surface area contributed by atoms with Crippen LogP contribution in [-0.2, 0) is 16.8 Å². The molecule has 1 N–H and O–H groups in total. The third-order valence-electron chi connectivity index (χ3n) is 4.04. The molecule has 1 saturated carbocycles. The number of aliphatic hydroxyl groups is 1. The van der Waals surface area contributed by atoms with Crippen LogP contribution in [0.1, 0.15) is 25.3 Å². The molecular weight excluding hydrogens is 288 g/mol. The summed E-state index contributed by atoms with van der Waals surface area (Å²) in [5, 5.41) is 9.68. The Morgan fingerprint density at radius 1 is 1.29 bits per heavy atom. The zero-order valence-electron chi connectivity index (χ0n) is 12.6. The second-order valence-corrected chi connectivity index (χ2v) is 7.53. The summed E-state index contributed by atoms with van der Waals surface area (Å²) in [5.41, 5.74) is 0.935. The molecule has 5 nitrogen and oxygen atoms in total. The van der Waals surface area contributed by atoms with Gasteiger partial charge in [-0.05, 0) is 24.3 Å². The molecular formula is C15H24N2O3S. The van der Waals surface area contributed by atoms with Crippen LogP contribution in [0.25, 0.3) is 0 Å². The van der Waals surface area contributed by atoms with E-state index in [1.165, 1.54) is 8.61 Å². The van der Waals surface area contributed by atoms with Gasteiger partial charge in [0.25, 0.3) is 10.2 Å².